The molecule has 1 aromatic carbocycles. The summed E-state index contributed by atoms with van der Waals surface area (Å²) in [6, 6.07) is 9.85. The van der Waals surface area contributed by atoms with Crippen molar-refractivity contribution in [3.8, 4) is 11.8 Å². The van der Waals surface area contributed by atoms with Gasteiger partial charge in [-0.15, -0.1) is 10.2 Å². The molecule has 0 saturated heterocycles. The van der Waals surface area contributed by atoms with E-state index >= 15 is 0 Å². The van der Waals surface area contributed by atoms with Gasteiger partial charge in [0.05, 0.1) is 17.4 Å². The Morgan fingerprint density at radius 1 is 1.23 bits per heavy atom. The number of aromatic nitrogens is 3. The van der Waals surface area contributed by atoms with Gasteiger partial charge in [0.25, 0.3) is 0 Å². The molecule has 0 bridgehead atoms. The number of hydrogen-bond donors (Lipinski definition) is 1. The molecular formula is C22H29ClN6OS. The van der Waals surface area contributed by atoms with E-state index in [-0.39, 0.29) is 11.9 Å². The zero-order chi connectivity index (χ0) is 22.6. The largest absolute Gasteiger partial charge is 0.337 e. The molecule has 166 valence electrons. The maximum absolute atomic E-state index is 13.0. The summed E-state index contributed by atoms with van der Waals surface area (Å²) < 4.78 is 1.97. The zero-order valence-electron chi connectivity index (χ0n) is 18.4. The summed E-state index contributed by atoms with van der Waals surface area (Å²) in [6.45, 7) is 3.89. The van der Waals surface area contributed by atoms with Crippen LogP contribution < -0.4 is 5.32 Å². The third-order valence-electron chi connectivity index (χ3n) is 5.83. The van der Waals surface area contributed by atoms with Crippen LogP contribution in [0, 0.1) is 11.3 Å². The number of thioether (sulfide) groups is 1. The second-order valence-corrected chi connectivity index (χ2v) is 10.0. The third kappa shape index (κ3) is 5.40. The highest BCUT2D eigenvalue weighted by molar-refractivity contribution is 8.00. The Morgan fingerprint density at radius 3 is 2.45 bits per heavy atom. The molecular weight excluding hydrogens is 432 g/mol. The molecule has 9 heteroatoms. The number of carbonyl (C=O) groups is 1. The second-order valence-electron chi connectivity index (χ2n) is 8.30. The van der Waals surface area contributed by atoms with E-state index in [1.165, 1.54) is 11.8 Å². The first-order valence-corrected chi connectivity index (χ1v) is 11.8. The van der Waals surface area contributed by atoms with Crippen LogP contribution in [0.5, 0.6) is 0 Å². The molecule has 7 nitrogen and oxygen atoms in total. The first kappa shape index (κ1) is 23.6. The second kappa shape index (κ2) is 10.0. The number of nitrogens with zero attached hydrogens (tertiary/aromatic N) is 5. The highest BCUT2D eigenvalue weighted by atomic mass is 35.5. The number of hydrogen-bond acceptors (Lipinski definition) is 6. The number of benzene rings is 1. The first-order chi connectivity index (χ1) is 14.8. The van der Waals surface area contributed by atoms with Gasteiger partial charge >= 0.3 is 0 Å². The Labute approximate surface area is 193 Å². The lowest BCUT2D eigenvalue weighted by Gasteiger charge is -2.32. The topological polar surface area (TPSA) is 86.8 Å². The van der Waals surface area contributed by atoms with Gasteiger partial charge in [-0.2, -0.15) is 5.26 Å². The van der Waals surface area contributed by atoms with Crippen LogP contribution in [0.2, 0.25) is 5.02 Å². The van der Waals surface area contributed by atoms with Gasteiger partial charge in [-0.05, 0) is 65.0 Å². The first-order valence-electron chi connectivity index (χ1n) is 10.5. The van der Waals surface area contributed by atoms with E-state index < -0.39 is 10.8 Å². The fourth-order valence-corrected chi connectivity index (χ4v) is 4.66. The van der Waals surface area contributed by atoms with Crippen LogP contribution in [0.3, 0.4) is 0 Å². The lowest BCUT2D eigenvalue weighted by Crippen LogP contribution is -2.51. The van der Waals surface area contributed by atoms with Crippen LogP contribution in [0.1, 0.15) is 57.8 Å². The van der Waals surface area contributed by atoms with Crippen molar-refractivity contribution in [3.05, 3.63) is 35.1 Å². The van der Waals surface area contributed by atoms with Crippen molar-refractivity contribution >= 4 is 29.3 Å². The predicted molar refractivity (Wildman–Crippen MR) is 123 cm³/mol. The number of nitrogens with one attached hydrogen (secondary N) is 1. The van der Waals surface area contributed by atoms with Crippen molar-refractivity contribution in [2.75, 3.05) is 14.1 Å². The number of carbonyl (C=O) groups excluding carboxylic acids is 1. The third-order valence-corrected chi connectivity index (χ3v) is 7.12. The van der Waals surface area contributed by atoms with E-state index in [2.05, 4.69) is 33.4 Å². The van der Waals surface area contributed by atoms with Gasteiger partial charge < -0.3 is 5.32 Å². The molecule has 2 aromatic rings. The Morgan fingerprint density at radius 2 is 1.87 bits per heavy atom. The Bertz CT molecular complexity index is 946. The number of amides is 1. The van der Waals surface area contributed by atoms with Crippen LogP contribution in [0.25, 0.3) is 5.69 Å². The fourth-order valence-electron chi connectivity index (χ4n) is 3.66. The normalized spacial score (nSPS) is 17.7. The van der Waals surface area contributed by atoms with Gasteiger partial charge in [0.1, 0.15) is 5.54 Å². The molecule has 1 fully saturated rings. The molecule has 1 saturated carbocycles. The summed E-state index contributed by atoms with van der Waals surface area (Å²) in [5.74, 6) is 0.629. The molecule has 3 rings (SSSR count). The molecule has 0 spiro atoms. The van der Waals surface area contributed by atoms with E-state index in [0.717, 1.165) is 30.8 Å². The van der Waals surface area contributed by atoms with Crippen molar-refractivity contribution in [2.45, 2.75) is 67.9 Å². The molecule has 1 heterocycles. The van der Waals surface area contributed by atoms with Gasteiger partial charge in [0.15, 0.2) is 11.0 Å². The van der Waals surface area contributed by atoms with Gasteiger partial charge in [0.2, 0.25) is 5.91 Å². The number of halogens is 1. The average Bonchev–Trinajstić information content (AvgIpc) is 3.17. The molecule has 0 radical (unpaired) electrons. The molecule has 31 heavy (non-hydrogen) atoms. The van der Waals surface area contributed by atoms with Crippen LogP contribution in [-0.4, -0.2) is 50.5 Å². The van der Waals surface area contributed by atoms with Crippen LogP contribution in [0.4, 0.5) is 0 Å². The fraction of sp³-hybridized carbons (Fsp3) is 0.545. The highest BCUT2D eigenvalue weighted by Gasteiger charge is 2.35. The minimum Gasteiger partial charge on any atom is -0.337 e. The minimum absolute atomic E-state index is 0.0192. The summed E-state index contributed by atoms with van der Waals surface area (Å²) in [5.41, 5.74) is 0.132. The summed E-state index contributed by atoms with van der Waals surface area (Å²) in [7, 11) is 3.97. The van der Waals surface area contributed by atoms with E-state index in [9.17, 15) is 10.1 Å². The van der Waals surface area contributed by atoms with Crippen LogP contribution in [-0.2, 0) is 4.79 Å². The molecule has 1 N–H and O–H groups in total. The van der Waals surface area contributed by atoms with Crippen molar-refractivity contribution < 1.29 is 4.79 Å². The molecule has 0 aliphatic heterocycles. The maximum Gasteiger partial charge on any atom is 0.234 e. The standard InChI is InChI=1S/C22H29ClN6OS/c1-15(28(3)4)19-26-27-21(29(19)18-10-8-17(23)9-11-18)31-16(2)20(30)25-22(14-24)12-6-5-7-13-22/h8-11,15-16H,5-7,12-13H2,1-4H3,(H,25,30). The van der Waals surface area contributed by atoms with Gasteiger partial charge in [0, 0.05) is 10.7 Å². The summed E-state index contributed by atoms with van der Waals surface area (Å²) in [5, 5.41) is 22.4. The SMILES string of the molecule is CC(Sc1nnc(C(C)N(C)C)n1-c1ccc(Cl)cc1)C(=O)NC1(C#N)CCCCC1. The monoisotopic (exact) mass is 460 g/mol. The molecule has 2 unspecified atom stereocenters. The molecule has 1 aliphatic carbocycles. The summed E-state index contributed by atoms with van der Waals surface area (Å²) in [4.78, 5) is 15.0. The summed E-state index contributed by atoms with van der Waals surface area (Å²) >= 11 is 7.42. The smallest absolute Gasteiger partial charge is 0.234 e. The maximum atomic E-state index is 13.0. The quantitative estimate of drug-likeness (QED) is 0.617. The predicted octanol–water partition coefficient (Wildman–Crippen LogP) is 4.37. The molecule has 1 aliphatic rings. The summed E-state index contributed by atoms with van der Waals surface area (Å²) in [6.07, 6.45) is 4.45. The van der Waals surface area contributed by atoms with E-state index in [4.69, 9.17) is 11.6 Å². The average molecular weight is 461 g/mol. The van der Waals surface area contributed by atoms with Gasteiger partial charge in [-0.1, -0.05) is 42.6 Å². The van der Waals surface area contributed by atoms with E-state index in [1.807, 2.05) is 49.9 Å². The van der Waals surface area contributed by atoms with Crippen molar-refractivity contribution in [2.24, 2.45) is 0 Å². The van der Waals surface area contributed by atoms with E-state index in [1.54, 1.807) is 0 Å². The Hall–Kier alpha value is -2.08. The molecule has 1 aromatic heterocycles. The lowest BCUT2D eigenvalue weighted by atomic mass is 9.83. The Kier molecular flexibility index (Phi) is 7.63. The number of rotatable bonds is 7. The van der Waals surface area contributed by atoms with Crippen molar-refractivity contribution in [1.82, 2.24) is 25.0 Å². The van der Waals surface area contributed by atoms with Crippen molar-refractivity contribution in [1.29, 1.82) is 5.26 Å². The minimum atomic E-state index is -0.751. The van der Waals surface area contributed by atoms with Crippen LogP contribution >= 0.6 is 23.4 Å². The molecule has 1 amide bonds. The van der Waals surface area contributed by atoms with Crippen molar-refractivity contribution in [3.63, 3.8) is 0 Å². The Balaban J connectivity index is 1.85. The zero-order valence-corrected chi connectivity index (χ0v) is 20.0. The van der Waals surface area contributed by atoms with Gasteiger partial charge in [-0.3, -0.25) is 14.3 Å². The van der Waals surface area contributed by atoms with Crippen LogP contribution in [0.15, 0.2) is 29.4 Å². The number of nitriles is 1. The highest BCUT2D eigenvalue weighted by Crippen LogP contribution is 2.31. The van der Waals surface area contributed by atoms with Gasteiger partial charge in [-0.25, -0.2) is 0 Å². The van der Waals surface area contributed by atoms with E-state index in [0.29, 0.717) is 23.0 Å². The lowest BCUT2D eigenvalue weighted by molar-refractivity contribution is -0.121. The molecule has 2 atom stereocenters.